The van der Waals surface area contributed by atoms with Crippen LogP contribution >= 0.6 is 0 Å². The van der Waals surface area contributed by atoms with Crippen LogP contribution in [-0.2, 0) is 30.4 Å². The van der Waals surface area contributed by atoms with Gasteiger partial charge in [-0.3, -0.25) is 19.2 Å². The van der Waals surface area contributed by atoms with E-state index in [4.69, 9.17) is 10.8 Å². The van der Waals surface area contributed by atoms with Gasteiger partial charge in [0, 0.05) is 0 Å². The zero-order valence-electron chi connectivity index (χ0n) is 18.6. The molecule has 0 aliphatic carbocycles. The maximum absolute atomic E-state index is 12.5. The Morgan fingerprint density at radius 1 is 0.879 bits per heavy atom. The van der Waals surface area contributed by atoms with Gasteiger partial charge >= 0.3 is 11.9 Å². The third-order valence-electron chi connectivity index (χ3n) is 4.72. The summed E-state index contributed by atoms with van der Waals surface area (Å²) in [6, 6.07) is 0.958. The lowest BCUT2D eigenvalue weighted by Crippen LogP contribution is -2.57. The zero-order chi connectivity index (χ0) is 25.3. The van der Waals surface area contributed by atoms with Crippen LogP contribution in [0.2, 0.25) is 0 Å². The molecule has 4 unspecified atom stereocenters. The molecule has 0 aliphatic heterocycles. The van der Waals surface area contributed by atoms with E-state index in [9.17, 15) is 34.2 Å². The van der Waals surface area contributed by atoms with E-state index >= 15 is 0 Å². The van der Waals surface area contributed by atoms with Gasteiger partial charge in [0.1, 0.15) is 23.9 Å². The minimum atomic E-state index is -1.52. The van der Waals surface area contributed by atoms with Crippen molar-refractivity contribution in [2.75, 3.05) is 0 Å². The second kappa shape index (κ2) is 12.4. The van der Waals surface area contributed by atoms with Gasteiger partial charge in [0.2, 0.25) is 17.7 Å². The minimum absolute atomic E-state index is 0.0381. The number of carboxylic acid groups (broad SMARTS) is 2. The monoisotopic (exact) mass is 466 g/mol. The lowest BCUT2D eigenvalue weighted by atomic mass is 10.0. The van der Waals surface area contributed by atoms with Gasteiger partial charge in [0.05, 0.1) is 12.5 Å². The molecule has 0 heterocycles. The van der Waals surface area contributed by atoms with E-state index in [1.54, 1.807) is 26.0 Å². The van der Waals surface area contributed by atoms with E-state index in [1.165, 1.54) is 19.1 Å². The molecule has 3 amide bonds. The van der Waals surface area contributed by atoms with Gasteiger partial charge in [-0.1, -0.05) is 26.0 Å². The highest BCUT2D eigenvalue weighted by Crippen LogP contribution is 2.11. The van der Waals surface area contributed by atoms with Crippen molar-refractivity contribution < 1.29 is 39.3 Å². The molecule has 0 aliphatic rings. The SMILES string of the molecule is CC(NC(=O)C(CC(=O)O)NC(=O)C(N)Cc1ccc(O)cc1)C(=O)NC(C(=O)O)C(C)C. The van der Waals surface area contributed by atoms with Gasteiger partial charge in [0.25, 0.3) is 0 Å². The number of benzene rings is 1. The normalized spacial score (nSPS) is 14.5. The summed E-state index contributed by atoms with van der Waals surface area (Å²) in [5, 5.41) is 34.4. The average Bonchev–Trinajstić information content (AvgIpc) is 2.71. The van der Waals surface area contributed by atoms with Crippen molar-refractivity contribution in [3.63, 3.8) is 0 Å². The standard InChI is InChI=1S/C21H30N4O8/c1-10(2)17(21(32)33)25-18(29)11(3)23-20(31)15(9-16(27)28)24-19(30)14(22)8-12-4-6-13(26)7-5-12/h4-7,10-11,14-15,17,26H,8-9,22H2,1-3H3,(H,23,31)(H,24,30)(H,25,29)(H,27,28)(H,32,33). The first-order chi connectivity index (χ1) is 15.3. The summed E-state index contributed by atoms with van der Waals surface area (Å²) < 4.78 is 0. The Kier molecular flexibility index (Phi) is 10.3. The fourth-order valence-corrected chi connectivity index (χ4v) is 2.81. The maximum Gasteiger partial charge on any atom is 0.326 e. The highest BCUT2D eigenvalue weighted by atomic mass is 16.4. The number of carbonyl (C=O) groups is 5. The van der Waals surface area contributed by atoms with Crippen LogP contribution in [0.25, 0.3) is 0 Å². The molecule has 0 saturated carbocycles. The molecule has 12 heteroatoms. The lowest BCUT2D eigenvalue weighted by Gasteiger charge is -2.23. The number of phenols is 1. The number of phenolic OH excluding ortho intramolecular Hbond substituents is 1. The number of nitrogens with two attached hydrogens (primary N) is 1. The predicted molar refractivity (Wildman–Crippen MR) is 116 cm³/mol. The summed E-state index contributed by atoms with van der Waals surface area (Å²) >= 11 is 0. The summed E-state index contributed by atoms with van der Waals surface area (Å²) in [6.07, 6.45) is -0.695. The van der Waals surface area contributed by atoms with Crippen LogP contribution in [0.3, 0.4) is 0 Å². The number of rotatable bonds is 12. The molecule has 0 aromatic heterocycles. The van der Waals surface area contributed by atoms with Crippen LogP contribution in [0.1, 0.15) is 32.8 Å². The molecule has 0 spiro atoms. The molecule has 0 saturated heterocycles. The van der Waals surface area contributed by atoms with Crippen LogP contribution in [0.5, 0.6) is 5.75 Å². The Bertz CT molecular complexity index is 872. The minimum Gasteiger partial charge on any atom is -0.508 e. The summed E-state index contributed by atoms with van der Waals surface area (Å²) in [6.45, 7) is 4.49. The number of aliphatic carboxylic acids is 2. The summed E-state index contributed by atoms with van der Waals surface area (Å²) in [5.74, 6) is -5.50. The average molecular weight is 466 g/mol. The second-order valence-corrected chi connectivity index (χ2v) is 7.93. The number of aromatic hydroxyl groups is 1. The van der Waals surface area contributed by atoms with E-state index in [1.807, 2.05) is 0 Å². The molecule has 8 N–H and O–H groups in total. The highest BCUT2D eigenvalue weighted by molar-refractivity contribution is 5.95. The number of nitrogens with one attached hydrogen (secondary N) is 3. The molecule has 33 heavy (non-hydrogen) atoms. The van der Waals surface area contributed by atoms with Crippen molar-refractivity contribution in [1.29, 1.82) is 0 Å². The number of carboxylic acids is 2. The van der Waals surface area contributed by atoms with Gasteiger partial charge in [0.15, 0.2) is 0 Å². The molecule has 0 bridgehead atoms. The molecular formula is C21H30N4O8. The highest BCUT2D eigenvalue weighted by Gasteiger charge is 2.30. The van der Waals surface area contributed by atoms with Gasteiger partial charge in [-0.25, -0.2) is 4.79 Å². The number of hydrogen-bond acceptors (Lipinski definition) is 7. The van der Waals surface area contributed by atoms with E-state index in [0.717, 1.165) is 0 Å². The van der Waals surface area contributed by atoms with Crippen molar-refractivity contribution in [1.82, 2.24) is 16.0 Å². The van der Waals surface area contributed by atoms with E-state index < -0.39 is 66.2 Å². The Balaban J connectivity index is 2.79. The van der Waals surface area contributed by atoms with Crippen LogP contribution in [0, 0.1) is 5.92 Å². The van der Waals surface area contributed by atoms with Gasteiger partial charge < -0.3 is 37.0 Å². The zero-order valence-corrected chi connectivity index (χ0v) is 18.6. The van der Waals surface area contributed by atoms with E-state index in [0.29, 0.717) is 5.56 Å². The van der Waals surface area contributed by atoms with Crippen LogP contribution in [0.4, 0.5) is 0 Å². The molecule has 1 rings (SSSR count). The van der Waals surface area contributed by atoms with Crippen LogP contribution in [-0.4, -0.2) is 69.1 Å². The number of carbonyl (C=O) groups excluding carboxylic acids is 3. The third-order valence-corrected chi connectivity index (χ3v) is 4.72. The smallest absolute Gasteiger partial charge is 0.326 e. The molecule has 182 valence electrons. The van der Waals surface area contributed by atoms with Crippen molar-refractivity contribution in [3.05, 3.63) is 29.8 Å². The fourth-order valence-electron chi connectivity index (χ4n) is 2.81. The van der Waals surface area contributed by atoms with Crippen molar-refractivity contribution >= 4 is 29.7 Å². The molecule has 1 aromatic carbocycles. The Morgan fingerprint density at radius 3 is 1.94 bits per heavy atom. The van der Waals surface area contributed by atoms with Gasteiger partial charge in [-0.05, 0) is 37.0 Å². The molecular weight excluding hydrogens is 436 g/mol. The fraction of sp³-hybridized carbons (Fsp3) is 0.476. The number of amides is 3. The van der Waals surface area contributed by atoms with Gasteiger partial charge in [-0.15, -0.1) is 0 Å². The molecule has 0 fully saturated rings. The first-order valence-electron chi connectivity index (χ1n) is 10.2. The van der Waals surface area contributed by atoms with Gasteiger partial charge in [-0.2, -0.15) is 0 Å². The van der Waals surface area contributed by atoms with Crippen molar-refractivity contribution in [3.8, 4) is 5.75 Å². The third kappa shape index (κ3) is 9.15. The number of hydrogen-bond donors (Lipinski definition) is 7. The van der Waals surface area contributed by atoms with Crippen LogP contribution < -0.4 is 21.7 Å². The van der Waals surface area contributed by atoms with Crippen LogP contribution in [0.15, 0.2) is 24.3 Å². The first-order valence-corrected chi connectivity index (χ1v) is 10.2. The summed E-state index contributed by atoms with van der Waals surface area (Å²) in [4.78, 5) is 59.7. The Morgan fingerprint density at radius 2 is 1.45 bits per heavy atom. The topological polar surface area (TPSA) is 208 Å². The molecule has 4 atom stereocenters. The van der Waals surface area contributed by atoms with E-state index in [2.05, 4.69) is 16.0 Å². The van der Waals surface area contributed by atoms with E-state index in [-0.39, 0.29) is 12.2 Å². The largest absolute Gasteiger partial charge is 0.508 e. The lowest BCUT2D eigenvalue weighted by molar-refractivity contribution is -0.144. The summed E-state index contributed by atoms with van der Waals surface area (Å²) in [7, 11) is 0. The Labute approximate surface area is 190 Å². The summed E-state index contributed by atoms with van der Waals surface area (Å²) in [5.41, 5.74) is 6.49. The van der Waals surface area contributed by atoms with Crippen molar-refractivity contribution in [2.45, 2.75) is 57.8 Å². The molecule has 0 radical (unpaired) electrons. The maximum atomic E-state index is 12.5. The quantitative estimate of drug-likeness (QED) is 0.200. The first kappa shape index (κ1) is 27.4. The van der Waals surface area contributed by atoms with Crippen molar-refractivity contribution in [2.24, 2.45) is 11.7 Å². The second-order valence-electron chi connectivity index (χ2n) is 7.93. The molecule has 12 nitrogen and oxygen atoms in total. The molecule has 1 aromatic rings. The predicted octanol–water partition coefficient (Wildman–Crippen LogP) is -1.05. The Hall–Kier alpha value is -3.67.